The maximum Gasteiger partial charge on any atom is 0.149 e. The van der Waals surface area contributed by atoms with Crippen LogP contribution in [-0.4, -0.2) is 26.4 Å². The highest BCUT2D eigenvalue weighted by Crippen LogP contribution is 2.48. The number of aromatic hydroxyl groups is 2. The molecule has 2 N–H and O–H groups in total. The standard InChI is InChI=1S/C38H36N4O2/c1-24(2)26-14-11-15-27(25(3)4)37(26)42-33-20-12-19-32(36(33)39-38(42)28-13-5-9-21-34(28)43)41-23-40(29-16-6-7-17-30(29)41)31-18-8-10-22-35(31)44/h5-22,24-25,43-44H,23H2,1-4H3/i1D3,3D3,24D,25D. The number of phenols is 2. The molecule has 2 unspecified atom stereocenters. The molecule has 1 aromatic heterocycles. The highest BCUT2D eigenvalue weighted by atomic mass is 16.3. The van der Waals surface area contributed by atoms with Crippen LogP contribution in [0.15, 0.2) is 109 Å². The molecular weight excluding hydrogens is 544 g/mol. The van der Waals surface area contributed by atoms with Gasteiger partial charge in [-0.05, 0) is 71.4 Å². The summed E-state index contributed by atoms with van der Waals surface area (Å²) in [6.45, 7) is -2.94. The minimum atomic E-state index is -2.86. The van der Waals surface area contributed by atoms with E-state index in [2.05, 4.69) is 0 Å². The average molecular weight is 589 g/mol. The van der Waals surface area contributed by atoms with Crippen molar-refractivity contribution >= 4 is 33.8 Å². The number of benzene rings is 5. The van der Waals surface area contributed by atoms with Crippen molar-refractivity contribution < 1.29 is 21.2 Å². The number of anilines is 4. The van der Waals surface area contributed by atoms with Crippen molar-refractivity contribution in [2.75, 3.05) is 16.5 Å². The molecule has 0 saturated carbocycles. The zero-order valence-electron chi connectivity index (χ0n) is 32.3. The number of fused-ring (bicyclic) bond motifs is 2. The molecule has 44 heavy (non-hydrogen) atoms. The van der Waals surface area contributed by atoms with E-state index in [1.165, 1.54) is 38.1 Å². The molecule has 220 valence electrons. The van der Waals surface area contributed by atoms with Gasteiger partial charge in [-0.3, -0.25) is 4.57 Å². The first-order valence-electron chi connectivity index (χ1n) is 18.3. The number of hydrogen-bond donors (Lipinski definition) is 2. The van der Waals surface area contributed by atoms with E-state index in [1.54, 1.807) is 47.0 Å². The molecule has 0 amide bonds. The van der Waals surface area contributed by atoms with Crippen molar-refractivity contribution in [2.24, 2.45) is 0 Å². The first-order valence-corrected chi connectivity index (χ1v) is 14.3. The largest absolute Gasteiger partial charge is 0.507 e. The molecule has 6 nitrogen and oxygen atoms in total. The van der Waals surface area contributed by atoms with E-state index in [-0.39, 0.29) is 46.4 Å². The van der Waals surface area contributed by atoms with Gasteiger partial charge in [-0.1, -0.05) is 88.2 Å². The lowest BCUT2D eigenvalue weighted by Crippen LogP contribution is -2.24. The van der Waals surface area contributed by atoms with Gasteiger partial charge in [0.05, 0.1) is 39.5 Å². The third-order valence-electron chi connectivity index (χ3n) is 8.09. The van der Waals surface area contributed by atoms with Gasteiger partial charge in [0.25, 0.3) is 0 Å². The number of aromatic nitrogens is 2. The van der Waals surface area contributed by atoms with E-state index in [4.69, 9.17) is 13.2 Å². The number of phenolic OH excluding ortho intramolecular Hbond substituents is 2. The number of para-hydroxylation sites is 7. The van der Waals surface area contributed by atoms with Crippen LogP contribution in [0.4, 0.5) is 22.7 Å². The Morgan fingerprint density at radius 3 is 1.84 bits per heavy atom. The Labute approximate surface area is 269 Å². The van der Waals surface area contributed by atoms with Gasteiger partial charge in [-0.25, -0.2) is 4.98 Å². The lowest BCUT2D eigenvalue weighted by atomic mass is 9.92. The maximum atomic E-state index is 11.2. The summed E-state index contributed by atoms with van der Waals surface area (Å²) in [6.07, 6.45) is 0. The zero-order valence-corrected chi connectivity index (χ0v) is 24.3. The Bertz CT molecular complexity index is 2290. The van der Waals surface area contributed by atoms with Crippen molar-refractivity contribution in [1.29, 1.82) is 0 Å². The fraction of sp³-hybridized carbons (Fsp3) is 0.184. The quantitative estimate of drug-likeness (QED) is 0.203. The summed E-state index contributed by atoms with van der Waals surface area (Å²) in [5.74, 6) is -4.40. The van der Waals surface area contributed by atoms with Crippen molar-refractivity contribution in [3.63, 3.8) is 0 Å². The predicted molar refractivity (Wildman–Crippen MR) is 180 cm³/mol. The molecule has 0 radical (unpaired) electrons. The van der Waals surface area contributed by atoms with Crippen LogP contribution in [-0.2, 0) is 0 Å². The second-order valence-corrected chi connectivity index (χ2v) is 10.9. The lowest BCUT2D eigenvalue weighted by Gasteiger charge is -2.24. The summed E-state index contributed by atoms with van der Waals surface area (Å²) >= 11 is 0. The third-order valence-corrected chi connectivity index (χ3v) is 8.09. The molecule has 0 aliphatic carbocycles. The number of rotatable bonds is 6. The van der Waals surface area contributed by atoms with E-state index >= 15 is 0 Å². The van der Waals surface area contributed by atoms with Gasteiger partial charge in [0.2, 0.25) is 0 Å². The molecule has 2 atom stereocenters. The molecule has 0 bridgehead atoms. The Kier molecular flexibility index (Phi) is 4.87. The summed E-state index contributed by atoms with van der Waals surface area (Å²) in [5, 5.41) is 22.1. The zero-order chi connectivity index (χ0) is 37.4. The van der Waals surface area contributed by atoms with Crippen LogP contribution in [0.2, 0.25) is 0 Å². The second-order valence-electron chi connectivity index (χ2n) is 10.9. The van der Waals surface area contributed by atoms with Gasteiger partial charge in [0, 0.05) is 11.0 Å². The van der Waals surface area contributed by atoms with Gasteiger partial charge in [0.15, 0.2) is 0 Å². The topological polar surface area (TPSA) is 64.8 Å². The molecule has 0 spiro atoms. The van der Waals surface area contributed by atoms with E-state index in [0.717, 1.165) is 11.4 Å². The molecule has 1 aliphatic rings. The fourth-order valence-corrected chi connectivity index (χ4v) is 6.08. The van der Waals surface area contributed by atoms with Crippen LogP contribution in [0.3, 0.4) is 0 Å². The maximum absolute atomic E-state index is 11.2. The van der Waals surface area contributed by atoms with E-state index < -0.39 is 25.5 Å². The fourth-order valence-electron chi connectivity index (χ4n) is 6.08. The third kappa shape index (κ3) is 4.37. The molecule has 7 rings (SSSR count). The van der Waals surface area contributed by atoms with Gasteiger partial charge in [-0.15, -0.1) is 0 Å². The molecule has 6 aromatic rings. The predicted octanol–water partition coefficient (Wildman–Crippen LogP) is 9.60. The van der Waals surface area contributed by atoms with Gasteiger partial charge < -0.3 is 20.0 Å². The highest BCUT2D eigenvalue weighted by molar-refractivity contribution is 5.99. The summed E-state index contributed by atoms with van der Waals surface area (Å²) < 4.78 is 70.3. The Morgan fingerprint density at radius 1 is 0.659 bits per heavy atom. The van der Waals surface area contributed by atoms with E-state index in [9.17, 15) is 13.0 Å². The van der Waals surface area contributed by atoms with Crippen LogP contribution in [0.5, 0.6) is 11.5 Å². The highest BCUT2D eigenvalue weighted by Gasteiger charge is 2.32. The minimum Gasteiger partial charge on any atom is -0.507 e. The molecule has 0 saturated heterocycles. The van der Waals surface area contributed by atoms with Crippen molar-refractivity contribution in [1.82, 2.24) is 9.55 Å². The molecule has 2 heterocycles. The summed E-state index contributed by atoms with van der Waals surface area (Å²) in [6, 6.07) is 31.1. The van der Waals surface area contributed by atoms with Crippen LogP contribution >= 0.6 is 0 Å². The molecule has 1 aliphatic heterocycles. The Morgan fingerprint density at radius 2 is 1.20 bits per heavy atom. The van der Waals surface area contributed by atoms with Crippen LogP contribution in [0.25, 0.3) is 28.1 Å². The molecule has 0 fully saturated rings. The van der Waals surface area contributed by atoms with Crippen LogP contribution < -0.4 is 9.80 Å². The van der Waals surface area contributed by atoms with Crippen LogP contribution in [0, 0.1) is 0 Å². The van der Waals surface area contributed by atoms with Crippen molar-refractivity contribution in [2.45, 2.75) is 39.3 Å². The lowest BCUT2D eigenvalue weighted by molar-refractivity contribution is 0.475. The number of imidazole rings is 1. The van der Waals surface area contributed by atoms with Gasteiger partial charge in [-0.2, -0.15) is 0 Å². The Hall–Kier alpha value is -5.23. The SMILES string of the molecule is [2H]C([2H])([2H])C([2H])(C)c1cccc(C([2H])(C)C([2H])([2H])[2H])c1-n1c(-c2ccccc2O)nc2c(N3CN(c4ccccc4O)c4ccccc43)cccc21. The number of nitrogens with zero attached hydrogens (tertiary/aromatic N) is 4. The van der Waals surface area contributed by atoms with Gasteiger partial charge in [0.1, 0.15) is 29.5 Å². The monoisotopic (exact) mass is 588 g/mol. The summed E-state index contributed by atoms with van der Waals surface area (Å²) in [4.78, 5) is 9.11. The normalized spacial score (nSPS) is 18.9. The van der Waals surface area contributed by atoms with Gasteiger partial charge >= 0.3 is 0 Å². The molecular formula is C38H36N4O2. The second kappa shape index (κ2) is 10.8. The minimum absolute atomic E-state index is 0.0142. The first kappa shape index (κ1) is 19.9. The van der Waals surface area contributed by atoms with Crippen LogP contribution in [0.1, 0.15) is 61.4 Å². The van der Waals surface area contributed by atoms with E-state index in [1.807, 2.05) is 52.3 Å². The summed E-state index contributed by atoms with van der Waals surface area (Å²) in [7, 11) is 0. The smallest absolute Gasteiger partial charge is 0.149 e. The first-order chi connectivity index (χ1) is 24.4. The molecule has 5 aromatic carbocycles. The van der Waals surface area contributed by atoms with E-state index in [0.29, 0.717) is 22.4 Å². The molecule has 6 heteroatoms. The van der Waals surface area contributed by atoms with Crippen molar-refractivity contribution in [3.8, 4) is 28.6 Å². The Balaban J connectivity index is 1.58. The average Bonchev–Trinajstić information content (AvgIpc) is 3.66. The van der Waals surface area contributed by atoms with Crippen molar-refractivity contribution in [3.05, 3.63) is 120 Å². The number of hydrogen-bond acceptors (Lipinski definition) is 5. The summed E-state index contributed by atoms with van der Waals surface area (Å²) in [5.41, 5.74) is 3.94.